The van der Waals surface area contributed by atoms with Gasteiger partial charge in [-0.15, -0.1) is 0 Å². The van der Waals surface area contributed by atoms with Crippen LogP contribution < -0.4 is 9.64 Å². The first-order chi connectivity index (χ1) is 12.4. The Kier molecular flexibility index (Phi) is 5.33. The van der Waals surface area contributed by atoms with Gasteiger partial charge in [0.1, 0.15) is 5.75 Å². The van der Waals surface area contributed by atoms with Gasteiger partial charge in [-0.05, 0) is 50.2 Å². The summed E-state index contributed by atoms with van der Waals surface area (Å²) in [5, 5.41) is 9.86. The van der Waals surface area contributed by atoms with E-state index in [-0.39, 0.29) is 16.9 Å². The van der Waals surface area contributed by atoms with E-state index in [9.17, 15) is 13.5 Å². The monoisotopic (exact) mass is 377 g/mol. The molecule has 0 atom stereocenters. The van der Waals surface area contributed by atoms with Gasteiger partial charge in [-0.2, -0.15) is 4.31 Å². The number of pyridine rings is 1. The third kappa shape index (κ3) is 3.91. The van der Waals surface area contributed by atoms with E-state index in [1.54, 1.807) is 36.4 Å². The third-order valence-corrected chi connectivity index (χ3v) is 6.09. The first-order valence-corrected chi connectivity index (χ1v) is 9.98. The number of aromatic nitrogens is 1. The van der Waals surface area contributed by atoms with Crippen molar-refractivity contribution in [2.75, 3.05) is 31.1 Å². The van der Waals surface area contributed by atoms with Gasteiger partial charge in [0.05, 0.1) is 16.7 Å². The van der Waals surface area contributed by atoms with Gasteiger partial charge in [0.2, 0.25) is 15.9 Å². The molecule has 1 aromatic heterocycles. The summed E-state index contributed by atoms with van der Waals surface area (Å²) in [5.41, 5.74) is 0.625. The van der Waals surface area contributed by atoms with Crippen LogP contribution in [0.2, 0.25) is 0 Å². The number of piperazine rings is 1. The van der Waals surface area contributed by atoms with Crippen LogP contribution in [0.25, 0.3) is 0 Å². The Morgan fingerprint density at radius 1 is 1.08 bits per heavy atom. The van der Waals surface area contributed by atoms with Crippen molar-refractivity contribution >= 4 is 15.7 Å². The summed E-state index contributed by atoms with van der Waals surface area (Å²) in [6.45, 7) is 5.52. The van der Waals surface area contributed by atoms with E-state index < -0.39 is 10.0 Å². The first-order valence-electron chi connectivity index (χ1n) is 8.54. The number of sulfonamides is 1. The highest BCUT2D eigenvalue weighted by molar-refractivity contribution is 7.89. The minimum Gasteiger partial charge on any atom is -0.492 e. The molecule has 1 saturated heterocycles. The second-order valence-corrected chi connectivity index (χ2v) is 8.31. The van der Waals surface area contributed by atoms with Crippen LogP contribution in [0.4, 0.5) is 5.69 Å². The second kappa shape index (κ2) is 7.51. The Morgan fingerprint density at radius 3 is 2.31 bits per heavy atom. The molecule has 2 aromatic rings. The van der Waals surface area contributed by atoms with Gasteiger partial charge in [0.25, 0.3) is 0 Å². The fraction of sp³-hybridized carbons (Fsp3) is 0.389. The zero-order valence-corrected chi connectivity index (χ0v) is 15.7. The van der Waals surface area contributed by atoms with Crippen LogP contribution >= 0.6 is 0 Å². The highest BCUT2D eigenvalue weighted by atomic mass is 32.2. The highest BCUT2D eigenvalue weighted by Gasteiger charge is 2.29. The second-order valence-electron chi connectivity index (χ2n) is 6.38. The molecule has 7 nitrogen and oxygen atoms in total. The molecule has 3 rings (SSSR count). The molecule has 2 heterocycles. The van der Waals surface area contributed by atoms with Crippen LogP contribution in [-0.2, 0) is 10.0 Å². The van der Waals surface area contributed by atoms with Crippen LogP contribution in [0.15, 0.2) is 47.5 Å². The Labute approximate surface area is 153 Å². The van der Waals surface area contributed by atoms with Crippen molar-refractivity contribution in [3.63, 3.8) is 0 Å². The van der Waals surface area contributed by atoms with Crippen LogP contribution in [0, 0.1) is 0 Å². The maximum absolute atomic E-state index is 12.8. The number of aromatic hydroxyl groups is 1. The number of nitrogens with zero attached hydrogens (tertiary/aromatic N) is 3. The van der Waals surface area contributed by atoms with Gasteiger partial charge in [-0.25, -0.2) is 13.4 Å². The van der Waals surface area contributed by atoms with Gasteiger partial charge in [-0.1, -0.05) is 0 Å². The lowest BCUT2D eigenvalue weighted by molar-refractivity contribution is 0.242. The molecule has 1 fully saturated rings. The normalized spacial score (nSPS) is 16.0. The topological polar surface area (TPSA) is 83.0 Å². The van der Waals surface area contributed by atoms with Crippen molar-refractivity contribution in [2.24, 2.45) is 0 Å². The quantitative estimate of drug-likeness (QED) is 0.859. The maximum Gasteiger partial charge on any atom is 0.243 e. The summed E-state index contributed by atoms with van der Waals surface area (Å²) in [6.07, 6.45) is 1.56. The average molecular weight is 377 g/mol. The van der Waals surface area contributed by atoms with Gasteiger partial charge in [0.15, 0.2) is 0 Å². The summed E-state index contributed by atoms with van der Waals surface area (Å²) in [7, 11) is -3.55. The van der Waals surface area contributed by atoms with Gasteiger partial charge < -0.3 is 14.7 Å². The fourth-order valence-electron chi connectivity index (χ4n) is 2.92. The Bertz CT molecular complexity index is 845. The van der Waals surface area contributed by atoms with Crippen LogP contribution in [0.3, 0.4) is 0 Å². The van der Waals surface area contributed by atoms with Gasteiger partial charge in [0, 0.05) is 32.4 Å². The number of benzene rings is 1. The molecule has 0 saturated carbocycles. The van der Waals surface area contributed by atoms with E-state index in [2.05, 4.69) is 4.98 Å². The largest absolute Gasteiger partial charge is 0.492 e. The SMILES string of the molecule is CC(C)Oc1ccc(S(=O)(=O)N2CCN(c3cccnc3O)CC2)cc1. The average Bonchev–Trinajstić information content (AvgIpc) is 2.62. The van der Waals surface area contributed by atoms with E-state index in [4.69, 9.17) is 4.74 Å². The minimum atomic E-state index is -3.55. The molecule has 1 aromatic carbocycles. The lowest BCUT2D eigenvalue weighted by Gasteiger charge is -2.35. The molecule has 0 amide bonds. The number of anilines is 1. The zero-order valence-electron chi connectivity index (χ0n) is 14.9. The van der Waals surface area contributed by atoms with Crippen molar-refractivity contribution in [3.05, 3.63) is 42.6 Å². The van der Waals surface area contributed by atoms with Crippen molar-refractivity contribution in [2.45, 2.75) is 24.8 Å². The molecular formula is C18H23N3O4S. The molecular weight excluding hydrogens is 354 g/mol. The molecule has 1 N–H and O–H groups in total. The zero-order chi connectivity index (χ0) is 18.7. The number of ether oxygens (including phenoxy) is 1. The first kappa shape index (κ1) is 18.5. The summed E-state index contributed by atoms with van der Waals surface area (Å²) in [5.74, 6) is 0.611. The maximum atomic E-state index is 12.8. The van der Waals surface area contributed by atoms with E-state index in [1.165, 1.54) is 10.5 Å². The Morgan fingerprint density at radius 2 is 1.73 bits per heavy atom. The summed E-state index contributed by atoms with van der Waals surface area (Å²) in [6, 6.07) is 10.0. The van der Waals surface area contributed by atoms with E-state index >= 15 is 0 Å². The molecule has 140 valence electrons. The standard InChI is InChI=1S/C18H23N3O4S/c1-14(2)25-15-5-7-16(8-6-15)26(23,24)21-12-10-20(11-13-21)17-4-3-9-19-18(17)22/h3-9,14H,10-13H2,1-2H3,(H,19,22). The highest BCUT2D eigenvalue weighted by Crippen LogP contribution is 2.27. The van der Waals surface area contributed by atoms with Crippen LogP contribution in [-0.4, -0.2) is 55.1 Å². The summed E-state index contributed by atoms with van der Waals surface area (Å²) < 4.78 is 32.7. The fourth-order valence-corrected chi connectivity index (χ4v) is 4.34. The molecule has 0 aliphatic carbocycles. The van der Waals surface area contributed by atoms with Crippen LogP contribution in [0.1, 0.15) is 13.8 Å². The summed E-state index contributed by atoms with van der Waals surface area (Å²) in [4.78, 5) is 6.06. The molecule has 0 bridgehead atoms. The Balaban J connectivity index is 1.69. The molecule has 1 aliphatic heterocycles. The molecule has 8 heteroatoms. The van der Waals surface area contributed by atoms with Crippen molar-refractivity contribution in [3.8, 4) is 11.6 Å². The third-order valence-electron chi connectivity index (χ3n) is 4.18. The lowest BCUT2D eigenvalue weighted by Crippen LogP contribution is -2.48. The molecule has 0 spiro atoms. The lowest BCUT2D eigenvalue weighted by atomic mass is 10.3. The van der Waals surface area contributed by atoms with E-state index in [1.807, 2.05) is 18.7 Å². The van der Waals surface area contributed by atoms with Crippen molar-refractivity contribution in [1.29, 1.82) is 0 Å². The predicted molar refractivity (Wildman–Crippen MR) is 99.1 cm³/mol. The number of hydrogen-bond donors (Lipinski definition) is 1. The minimum absolute atomic E-state index is 0.0365. The van der Waals surface area contributed by atoms with Crippen molar-refractivity contribution in [1.82, 2.24) is 9.29 Å². The molecule has 1 aliphatic rings. The van der Waals surface area contributed by atoms with Gasteiger partial charge in [-0.3, -0.25) is 0 Å². The molecule has 26 heavy (non-hydrogen) atoms. The molecule has 0 unspecified atom stereocenters. The summed E-state index contributed by atoms with van der Waals surface area (Å²) >= 11 is 0. The van der Waals surface area contributed by atoms with Crippen molar-refractivity contribution < 1.29 is 18.3 Å². The molecule has 0 radical (unpaired) electrons. The number of rotatable bonds is 5. The smallest absolute Gasteiger partial charge is 0.243 e. The predicted octanol–water partition coefficient (Wildman–Crippen LogP) is 2.09. The van der Waals surface area contributed by atoms with Gasteiger partial charge >= 0.3 is 0 Å². The number of hydrogen-bond acceptors (Lipinski definition) is 6. The Hall–Kier alpha value is -2.32. The van der Waals surface area contributed by atoms with E-state index in [0.29, 0.717) is 37.6 Å². The van der Waals surface area contributed by atoms with E-state index in [0.717, 1.165) is 0 Å². The van der Waals surface area contributed by atoms with Crippen LogP contribution in [0.5, 0.6) is 11.6 Å².